The molecule has 1 aromatic heterocycles. The Morgan fingerprint density at radius 3 is 3.04 bits per heavy atom. The molecule has 2 heterocycles. The molecular formula is C17H20FN3O2S. The normalized spacial score (nSPS) is 17.9. The topological polar surface area (TPSA) is 59.2 Å². The Morgan fingerprint density at radius 2 is 2.25 bits per heavy atom. The number of rotatable bonds is 5. The van der Waals surface area contributed by atoms with Crippen LogP contribution >= 0.6 is 11.8 Å². The van der Waals surface area contributed by atoms with E-state index in [1.54, 1.807) is 18.2 Å². The Bertz CT molecular complexity index is 707. The lowest BCUT2D eigenvalue weighted by Gasteiger charge is -2.30. The first-order chi connectivity index (χ1) is 11.6. The van der Waals surface area contributed by atoms with E-state index in [0.717, 1.165) is 19.5 Å². The summed E-state index contributed by atoms with van der Waals surface area (Å²) in [4.78, 5) is 14.1. The summed E-state index contributed by atoms with van der Waals surface area (Å²) in [6.07, 6.45) is 2.49. The number of nitrogens with zero attached hydrogens (tertiary/aromatic N) is 3. The number of likely N-dealkylation sites (tertiary alicyclic amines) is 1. The summed E-state index contributed by atoms with van der Waals surface area (Å²) in [5, 5.41) is 8.20. The molecule has 1 aliphatic rings. The average Bonchev–Trinajstić information content (AvgIpc) is 3.02. The Labute approximate surface area is 144 Å². The van der Waals surface area contributed by atoms with Gasteiger partial charge in [-0.2, -0.15) is 0 Å². The molecule has 0 saturated carbocycles. The van der Waals surface area contributed by atoms with Crippen LogP contribution in [0.5, 0.6) is 0 Å². The van der Waals surface area contributed by atoms with E-state index in [2.05, 4.69) is 17.1 Å². The van der Waals surface area contributed by atoms with Crippen LogP contribution in [0.4, 0.5) is 4.39 Å². The molecule has 2 aromatic rings. The largest absolute Gasteiger partial charge is 0.416 e. The minimum Gasteiger partial charge on any atom is -0.416 e. The van der Waals surface area contributed by atoms with E-state index in [9.17, 15) is 9.18 Å². The summed E-state index contributed by atoms with van der Waals surface area (Å²) in [5.74, 6) is 0.999. The molecule has 1 amide bonds. The maximum Gasteiger partial charge on any atom is 0.277 e. The van der Waals surface area contributed by atoms with Crippen LogP contribution in [0.1, 0.15) is 31.2 Å². The second kappa shape index (κ2) is 7.79. The Hall–Kier alpha value is -1.89. The molecule has 1 fully saturated rings. The van der Waals surface area contributed by atoms with Gasteiger partial charge in [-0.25, -0.2) is 4.39 Å². The highest BCUT2D eigenvalue weighted by atomic mass is 32.2. The van der Waals surface area contributed by atoms with Crippen molar-refractivity contribution >= 4 is 17.7 Å². The van der Waals surface area contributed by atoms with Gasteiger partial charge in [0.15, 0.2) is 0 Å². The van der Waals surface area contributed by atoms with E-state index < -0.39 is 0 Å². The fraction of sp³-hybridized carbons (Fsp3) is 0.471. The second-order valence-electron chi connectivity index (χ2n) is 6.11. The maximum atomic E-state index is 13.6. The first-order valence-corrected chi connectivity index (χ1v) is 9.06. The molecule has 0 unspecified atom stereocenters. The Balaban J connectivity index is 1.53. The number of amides is 1. The van der Waals surface area contributed by atoms with Crippen molar-refractivity contribution in [3.8, 4) is 0 Å². The molecule has 0 bridgehead atoms. The minimum atomic E-state index is -0.292. The third-order valence-electron chi connectivity index (χ3n) is 4.08. The molecule has 1 atom stereocenters. The highest BCUT2D eigenvalue weighted by Gasteiger charge is 2.21. The van der Waals surface area contributed by atoms with E-state index in [0.29, 0.717) is 22.6 Å². The highest BCUT2D eigenvalue weighted by Crippen LogP contribution is 2.21. The molecule has 128 valence electrons. The summed E-state index contributed by atoms with van der Waals surface area (Å²) in [5.41, 5.74) is 0.510. The smallest absolute Gasteiger partial charge is 0.277 e. The molecule has 0 radical (unpaired) electrons. The van der Waals surface area contributed by atoms with Crippen molar-refractivity contribution in [3.05, 3.63) is 41.5 Å². The van der Waals surface area contributed by atoms with Gasteiger partial charge in [0, 0.05) is 13.1 Å². The molecule has 0 spiro atoms. The van der Waals surface area contributed by atoms with Crippen LogP contribution in [-0.2, 0) is 11.2 Å². The molecule has 7 heteroatoms. The Kier molecular flexibility index (Phi) is 5.50. The maximum absolute atomic E-state index is 13.6. The summed E-state index contributed by atoms with van der Waals surface area (Å²) in [7, 11) is 0. The molecule has 3 rings (SSSR count). The van der Waals surface area contributed by atoms with Gasteiger partial charge >= 0.3 is 0 Å². The minimum absolute atomic E-state index is 0.0976. The van der Waals surface area contributed by atoms with Gasteiger partial charge < -0.3 is 9.32 Å². The number of hydrogen-bond acceptors (Lipinski definition) is 5. The molecule has 1 saturated heterocycles. The van der Waals surface area contributed by atoms with Crippen LogP contribution in [0.3, 0.4) is 0 Å². The molecule has 24 heavy (non-hydrogen) atoms. The van der Waals surface area contributed by atoms with Crippen molar-refractivity contribution in [2.45, 2.75) is 31.4 Å². The van der Waals surface area contributed by atoms with Gasteiger partial charge in [-0.05, 0) is 30.4 Å². The van der Waals surface area contributed by atoms with Crippen molar-refractivity contribution in [3.63, 3.8) is 0 Å². The van der Waals surface area contributed by atoms with Gasteiger partial charge in [0.1, 0.15) is 5.82 Å². The number of hydrogen-bond donors (Lipinski definition) is 0. The van der Waals surface area contributed by atoms with Crippen molar-refractivity contribution < 1.29 is 13.6 Å². The number of aromatic nitrogens is 2. The number of carbonyl (C=O) groups is 1. The molecule has 5 nitrogen and oxygen atoms in total. The quantitative estimate of drug-likeness (QED) is 0.776. The van der Waals surface area contributed by atoms with Crippen LogP contribution in [0, 0.1) is 11.7 Å². The zero-order valence-corrected chi connectivity index (χ0v) is 14.4. The lowest BCUT2D eigenvalue weighted by molar-refractivity contribution is -0.130. The summed E-state index contributed by atoms with van der Waals surface area (Å²) in [6, 6.07) is 6.50. The fourth-order valence-electron chi connectivity index (χ4n) is 2.80. The highest BCUT2D eigenvalue weighted by molar-refractivity contribution is 7.99. The number of halogens is 1. The van der Waals surface area contributed by atoms with Crippen LogP contribution in [0.15, 0.2) is 33.9 Å². The third kappa shape index (κ3) is 4.35. The zero-order valence-electron chi connectivity index (χ0n) is 13.6. The number of carbonyl (C=O) groups excluding carboxylic acids is 1. The van der Waals surface area contributed by atoms with Crippen LogP contribution < -0.4 is 0 Å². The van der Waals surface area contributed by atoms with E-state index in [1.807, 2.05) is 4.90 Å². The predicted molar refractivity (Wildman–Crippen MR) is 89.2 cm³/mol. The molecule has 1 aliphatic heterocycles. The second-order valence-corrected chi connectivity index (χ2v) is 7.03. The standard InChI is InChI=1S/C17H20FN3O2S/c1-12-5-4-8-21(10-12)16(22)11-24-17-20-19-15(23-17)9-13-6-2-3-7-14(13)18/h2-3,6-7,12H,4-5,8-11H2,1H3/t12-/m1/s1. The predicted octanol–water partition coefficient (Wildman–Crippen LogP) is 3.15. The fourth-order valence-corrected chi connectivity index (χ4v) is 3.49. The van der Waals surface area contributed by atoms with Gasteiger partial charge in [0.05, 0.1) is 12.2 Å². The van der Waals surface area contributed by atoms with Crippen LogP contribution in [0.25, 0.3) is 0 Å². The van der Waals surface area contributed by atoms with Crippen molar-refractivity contribution in [1.82, 2.24) is 15.1 Å². The van der Waals surface area contributed by atoms with E-state index >= 15 is 0 Å². The van der Waals surface area contributed by atoms with Crippen molar-refractivity contribution in [1.29, 1.82) is 0 Å². The van der Waals surface area contributed by atoms with Gasteiger partial charge in [0.25, 0.3) is 5.22 Å². The summed E-state index contributed by atoms with van der Waals surface area (Å²) in [6.45, 7) is 3.81. The number of piperidine rings is 1. The van der Waals surface area contributed by atoms with E-state index in [1.165, 1.54) is 24.2 Å². The lowest BCUT2D eigenvalue weighted by Crippen LogP contribution is -2.40. The first-order valence-electron chi connectivity index (χ1n) is 8.08. The Morgan fingerprint density at radius 1 is 1.42 bits per heavy atom. The summed E-state index contributed by atoms with van der Waals surface area (Å²) < 4.78 is 19.1. The summed E-state index contributed by atoms with van der Waals surface area (Å²) >= 11 is 1.23. The van der Waals surface area contributed by atoms with E-state index in [4.69, 9.17) is 4.42 Å². The zero-order chi connectivity index (χ0) is 16.9. The monoisotopic (exact) mass is 349 g/mol. The molecule has 0 N–H and O–H groups in total. The van der Waals surface area contributed by atoms with Crippen LogP contribution in [-0.4, -0.2) is 39.8 Å². The molecule has 0 aliphatic carbocycles. The number of thioether (sulfide) groups is 1. The van der Waals surface area contributed by atoms with Crippen LogP contribution in [0.2, 0.25) is 0 Å². The first kappa shape index (κ1) is 17.0. The van der Waals surface area contributed by atoms with Gasteiger partial charge in [0.2, 0.25) is 11.8 Å². The SMILES string of the molecule is C[C@@H]1CCCN(C(=O)CSc2nnc(Cc3ccccc3F)o2)C1. The van der Waals surface area contributed by atoms with Gasteiger partial charge in [-0.15, -0.1) is 10.2 Å². The van der Waals surface area contributed by atoms with Crippen molar-refractivity contribution in [2.75, 3.05) is 18.8 Å². The number of benzene rings is 1. The van der Waals surface area contributed by atoms with Gasteiger partial charge in [-0.3, -0.25) is 4.79 Å². The molecule has 1 aromatic carbocycles. The average molecular weight is 349 g/mol. The van der Waals surface area contributed by atoms with Gasteiger partial charge in [-0.1, -0.05) is 36.9 Å². The molecular weight excluding hydrogens is 329 g/mol. The third-order valence-corrected chi connectivity index (χ3v) is 4.88. The van der Waals surface area contributed by atoms with Crippen molar-refractivity contribution in [2.24, 2.45) is 5.92 Å². The lowest BCUT2D eigenvalue weighted by atomic mass is 10.0. The van der Waals surface area contributed by atoms with E-state index in [-0.39, 0.29) is 23.9 Å².